The molecule has 4 aliphatic carbocycles. The number of amides is 1. The number of rotatable bonds is 5. The van der Waals surface area contributed by atoms with E-state index in [1.165, 1.54) is 19.3 Å². The Bertz CT molecular complexity index is 794. The molecule has 5 heteroatoms. The van der Waals surface area contributed by atoms with Gasteiger partial charge in [0, 0.05) is 24.1 Å². The smallest absolute Gasteiger partial charge is 0.338 e. The summed E-state index contributed by atoms with van der Waals surface area (Å²) in [5.74, 6) is 1.81. The van der Waals surface area contributed by atoms with Gasteiger partial charge in [-0.2, -0.15) is 0 Å². The van der Waals surface area contributed by atoms with Crippen molar-refractivity contribution < 1.29 is 19.1 Å². The van der Waals surface area contributed by atoms with E-state index in [2.05, 4.69) is 0 Å². The maximum absolute atomic E-state index is 13.0. The van der Waals surface area contributed by atoms with E-state index >= 15 is 0 Å². The molecule has 6 rings (SSSR count). The number of ketones is 1. The van der Waals surface area contributed by atoms with Crippen LogP contribution in [0.15, 0.2) is 24.3 Å². The minimum atomic E-state index is -0.480. The Kier molecular flexibility index (Phi) is 4.29. The van der Waals surface area contributed by atoms with Crippen molar-refractivity contribution in [2.45, 2.75) is 51.4 Å². The number of esters is 1. The quantitative estimate of drug-likeness (QED) is 0.729. The Morgan fingerprint density at radius 2 is 1.75 bits per heavy atom. The first kappa shape index (κ1) is 17.9. The molecule has 1 heterocycles. The van der Waals surface area contributed by atoms with Gasteiger partial charge in [-0.15, -0.1) is 0 Å². The van der Waals surface area contributed by atoms with Gasteiger partial charge in [0.15, 0.2) is 12.4 Å². The van der Waals surface area contributed by atoms with Crippen LogP contribution in [0, 0.1) is 23.2 Å². The standard InChI is InChI=1S/C23H27NO4/c25-20(23-11-15-7-16(12-23)9-17(8-15)13-23)14-28-22(27)18-3-1-4-19(10-18)24-6-2-5-21(24)26/h1,3-4,10,15-17H,2,5-9,11-14H2. The zero-order valence-electron chi connectivity index (χ0n) is 16.2. The molecule has 1 aromatic rings. The minimum absolute atomic E-state index is 0.0857. The van der Waals surface area contributed by atoms with Crippen LogP contribution >= 0.6 is 0 Å². The maximum atomic E-state index is 13.0. The lowest BCUT2D eigenvalue weighted by molar-refractivity contribution is -0.147. The third-order valence-electron chi connectivity index (χ3n) is 7.43. The van der Waals surface area contributed by atoms with Gasteiger partial charge in [-0.1, -0.05) is 6.07 Å². The summed E-state index contributed by atoms with van der Waals surface area (Å²) in [6, 6.07) is 6.97. The topological polar surface area (TPSA) is 63.7 Å². The van der Waals surface area contributed by atoms with Gasteiger partial charge in [0.05, 0.1) is 5.56 Å². The van der Waals surface area contributed by atoms with E-state index in [1.807, 2.05) is 6.07 Å². The molecule has 5 aliphatic rings. The van der Waals surface area contributed by atoms with Crippen LogP contribution in [0.5, 0.6) is 0 Å². The molecule has 4 saturated carbocycles. The number of nitrogens with zero attached hydrogens (tertiary/aromatic N) is 1. The van der Waals surface area contributed by atoms with Crippen LogP contribution in [-0.4, -0.2) is 30.8 Å². The summed E-state index contributed by atoms with van der Waals surface area (Å²) in [5, 5.41) is 0. The largest absolute Gasteiger partial charge is 0.454 e. The van der Waals surface area contributed by atoms with Crippen LogP contribution < -0.4 is 4.90 Å². The van der Waals surface area contributed by atoms with Gasteiger partial charge in [0.25, 0.3) is 0 Å². The molecular weight excluding hydrogens is 354 g/mol. The van der Waals surface area contributed by atoms with Crippen molar-refractivity contribution in [1.82, 2.24) is 0 Å². The Labute approximate surface area is 165 Å². The molecule has 1 amide bonds. The number of carbonyl (C=O) groups excluding carboxylic acids is 3. The molecule has 4 bridgehead atoms. The van der Waals surface area contributed by atoms with E-state index in [0.29, 0.717) is 36.3 Å². The van der Waals surface area contributed by atoms with Gasteiger partial charge in [0.2, 0.25) is 5.91 Å². The molecular formula is C23H27NO4. The fourth-order valence-electron chi connectivity index (χ4n) is 6.54. The first-order valence-electron chi connectivity index (χ1n) is 10.6. The van der Waals surface area contributed by atoms with Crippen LogP contribution in [0.4, 0.5) is 5.69 Å². The van der Waals surface area contributed by atoms with E-state index in [4.69, 9.17) is 4.74 Å². The van der Waals surface area contributed by atoms with E-state index in [0.717, 1.165) is 31.4 Å². The lowest BCUT2D eigenvalue weighted by atomic mass is 9.48. The summed E-state index contributed by atoms with van der Waals surface area (Å²) in [6.07, 6.45) is 8.21. The van der Waals surface area contributed by atoms with Crippen molar-refractivity contribution in [3.63, 3.8) is 0 Å². The maximum Gasteiger partial charge on any atom is 0.338 e. The molecule has 0 atom stereocenters. The Hall–Kier alpha value is -2.17. The lowest BCUT2D eigenvalue weighted by Crippen LogP contribution is -2.51. The van der Waals surface area contributed by atoms with E-state index in [-0.39, 0.29) is 23.7 Å². The molecule has 148 valence electrons. The average Bonchev–Trinajstić information content (AvgIpc) is 3.11. The van der Waals surface area contributed by atoms with Gasteiger partial charge in [-0.3, -0.25) is 9.59 Å². The monoisotopic (exact) mass is 381 g/mol. The summed E-state index contributed by atoms with van der Waals surface area (Å²) in [7, 11) is 0. The molecule has 0 N–H and O–H groups in total. The number of Topliss-reactive ketones (excluding diaryl/α,β-unsaturated/α-hetero) is 1. The first-order valence-corrected chi connectivity index (χ1v) is 10.6. The molecule has 0 unspecified atom stereocenters. The van der Waals surface area contributed by atoms with Crippen molar-refractivity contribution in [1.29, 1.82) is 0 Å². The predicted molar refractivity (Wildman–Crippen MR) is 104 cm³/mol. The second-order valence-corrected chi connectivity index (χ2v) is 9.40. The van der Waals surface area contributed by atoms with Gasteiger partial charge < -0.3 is 9.64 Å². The van der Waals surface area contributed by atoms with Gasteiger partial charge in [-0.25, -0.2) is 4.79 Å². The SMILES string of the molecule is O=C(OCC(=O)C12CC3CC(CC(C3)C1)C2)c1cccc(N2CCCC2=O)c1. The average molecular weight is 381 g/mol. The number of benzene rings is 1. The summed E-state index contributed by atoms with van der Waals surface area (Å²) in [4.78, 5) is 39.2. The Morgan fingerprint density at radius 1 is 1.07 bits per heavy atom. The van der Waals surface area contributed by atoms with Crippen LogP contribution in [-0.2, 0) is 14.3 Å². The highest BCUT2D eigenvalue weighted by molar-refractivity contribution is 5.98. The van der Waals surface area contributed by atoms with Crippen molar-refractivity contribution in [3.8, 4) is 0 Å². The van der Waals surface area contributed by atoms with E-state index in [9.17, 15) is 14.4 Å². The summed E-state index contributed by atoms with van der Waals surface area (Å²) >= 11 is 0. The predicted octanol–water partition coefficient (Wildman–Crippen LogP) is 3.76. The zero-order chi connectivity index (χ0) is 19.3. The molecule has 5 fully saturated rings. The minimum Gasteiger partial charge on any atom is -0.454 e. The molecule has 1 aromatic carbocycles. The third-order valence-corrected chi connectivity index (χ3v) is 7.43. The highest BCUT2D eigenvalue weighted by Gasteiger charge is 2.54. The zero-order valence-corrected chi connectivity index (χ0v) is 16.2. The van der Waals surface area contributed by atoms with Gasteiger partial charge >= 0.3 is 5.97 Å². The summed E-state index contributed by atoms with van der Waals surface area (Å²) in [5.41, 5.74) is 0.888. The van der Waals surface area contributed by atoms with E-state index < -0.39 is 5.97 Å². The number of carbonyl (C=O) groups is 3. The number of ether oxygens (including phenoxy) is 1. The molecule has 0 aromatic heterocycles. The Morgan fingerprint density at radius 3 is 2.36 bits per heavy atom. The lowest BCUT2D eigenvalue weighted by Gasteiger charge is -2.55. The normalized spacial score (nSPS) is 33.4. The second kappa shape index (κ2) is 6.71. The number of hydrogen-bond donors (Lipinski definition) is 0. The van der Waals surface area contributed by atoms with Crippen molar-refractivity contribution >= 4 is 23.3 Å². The fourth-order valence-corrected chi connectivity index (χ4v) is 6.54. The first-order chi connectivity index (χ1) is 13.5. The van der Waals surface area contributed by atoms with E-state index in [1.54, 1.807) is 23.1 Å². The highest BCUT2D eigenvalue weighted by atomic mass is 16.5. The van der Waals surface area contributed by atoms with Crippen molar-refractivity contribution in [3.05, 3.63) is 29.8 Å². The summed E-state index contributed by atoms with van der Waals surface area (Å²) < 4.78 is 5.43. The highest BCUT2D eigenvalue weighted by Crippen LogP contribution is 2.60. The number of anilines is 1. The number of hydrogen-bond acceptors (Lipinski definition) is 4. The van der Waals surface area contributed by atoms with Crippen LogP contribution in [0.1, 0.15) is 61.7 Å². The molecule has 28 heavy (non-hydrogen) atoms. The van der Waals surface area contributed by atoms with Crippen LogP contribution in [0.3, 0.4) is 0 Å². The molecule has 0 spiro atoms. The Balaban J connectivity index is 1.24. The third kappa shape index (κ3) is 3.05. The van der Waals surface area contributed by atoms with Gasteiger partial charge in [0.1, 0.15) is 0 Å². The fraction of sp³-hybridized carbons (Fsp3) is 0.609. The molecule has 1 aliphatic heterocycles. The van der Waals surface area contributed by atoms with Crippen LogP contribution in [0.25, 0.3) is 0 Å². The molecule has 5 nitrogen and oxygen atoms in total. The van der Waals surface area contributed by atoms with Crippen LogP contribution in [0.2, 0.25) is 0 Å². The van der Waals surface area contributed by atoms with Crippen molar-refractivity contribution in [2.75, 3.05) is 18.1 Å². The summed E-state index contributed by atoms with van der Waals surface area (Å²) in [6.45, 7) is 0.555. The van der Waals surface area contributed by atoms with Crippen molar-refractivity contribution in [2.24, 2.45) is 23.2 Å². The molecule has 0 radical (unpaired) electrons. The molecule has 1 saturated heterocycles. The van der Waals surface area contributed by atoms with Gasteiger partial charge in [-0.05, 0) is 80.9 Å². The second-order valence-electron chi connectivity index (χ2n) is 9.40.